The molecule has 0 bridgehead atoms. The highest BCUT2D eigenvalue weighted by Crippen LogP contribution is 2.10. The lowest BCUT2D eigenvalue weighted by Gasteiger charge is -2.01. The largest absolute Gasteiger partial charge is 0.300 e. The Hall–Kier alpha value is -0.850. The molecular formula is C18H32O. The van der Waals surface area contributed by atoms with Crippen molar-refractivity contribution in [2.45, 2.75) is 84.0 Å². The van der Waals surface area contributed by atoms with E-state index in [0.717, 1.165) is 32.1 Å². The van der Waals surface area contributed by atoms with Gasteiger partial charge in [0.2, 0.25) is 0 Å². The third-order valence-corrected chi connectivity index (χ3v) is 3.41. The summed E-state index contributed by atoms with van der Waals surface area (Å²) in [6.07, 6.45) is 19.7. The van der Waals surface area contributed by atoms with Crippen molar-refractivity contribution in [3.05, 3.63) is 24.8 Å². The predicted molar refractivity (Wildman–Crippen MR) is 85.4 cm³/mol. The van der Waals surface area contributed by atoms with Crippen LogP contribution in [0.3, 0.4) is 0 Å². The summed E-state index contributed by atoms with van der Waals surface area (Å²) < 4.78 is 0. The smallest absolute Gasteiger partial charge is 0.132 e. The number of hydrogen-bond donors (Lipinski definition) is 0. The Morgan fingerprint density at radius 1 is 0.895 bits per heavy atom. The Kier molecular flexibility index (Phi) is 14.5. The van der Waals surface area contributed by atoms with E-state index >= 15 is 0 Å². The first kappa shape index (κ1) is 18.1. The first-order chi connectivity index (χ1) is 9.31. The first-order valence-corrected chi connectivity index (χ1v) is 8.10. The van der Waals surface area contributed by atoms with E-state index in [9.17, 15) is 4.79 Å². The maximum absolute atomic E-state index is 11.6. The molecule has 0 aromatic heterocycles. The average Bonchev–Trinajstić information content (AvgIpc) is 2.41. The second-order valence-electron chi connectivity index (χ2n) is 5.32. The first-order valence-electron chi connectivity index (χ1n) is 8.10. The molecule has 0 aliphatic carbocycles. The highest BCUT2D eigenvalue weighted by atomic mass is 16.1. The van der Waals surface area contributed by atoms with Crippen molar-refractivity contribution in [1.29, 1.82) is 0 Å². The van der Waals surface area contributed by atoms with Gasteiger partial charge in [-0.05, 0) is 25.7 Å². The molecule has 0 amide bonds. The fraction of sp³-hybridized carbons (Fsp3) is 0.722. The van der Waals surface area contributed by atoms with Crippen molar-refractivity contribution in [3.8, 4) is 0 Å². The molecule has 1 nitrogen and oxygen atoms in total. The minimum absolute atomic E-state index is 0.475. The second-order valence-corrected chi connectivity index (χ2v) is 5.32. The Morgan fingerprint density at radius 3 is 2.05 bits per heavy atom. The zero-order valence-corrected chi connectivity index (χ0v) is 12.8. The number of Topliss-reactive ketones (excluding diaryl/α,β-unsaturated/α-hetero) is 1. The lowest BCUT2D eigenvalue weighted by molar-refractivity contribution is -0.119. The Morgan fingerprint density at radius 2 is 1.47 bits per heavy atom. The molecule has 0 spiro atoms. The molecule has 1 heteroatoms. The minimum atomic E-state index is 0.475. The molecule has 0 aliphatic heterocycles. The van der Waals surface area contributed by atoms with Gasteiger partial charge in [-0.25, -0.2) is 0 Å². The van der Waals surface area contributed by atoms with Gasteiger partial charge in [-0.3, -0.25) is 4.79 Å². The van der Waals surface area contributed by atoms with Crippen LogP contribution < -0.4 is 0 Å². The van der Waals surface area contributed by atoms with Crippen LogP contribution >= 0.6 is 0 Å². The summed E-state index contributed by atoms with van der Waals surface area (Å²) in [7, 11) is 0. The van der Waals surface area contributed by atoms with Gasteiger partial charge in [0.15, 0.2) is 0 Å². The van der Waals surface area contributed by atoms with Gasteiger partial charge in [0, 0.05) is 12.8 Å². The average molecular weight is 264 g/mol. The SMILES string of the molecule is C=C/C=C/CCCCCCC(=O)CCCCCCC. The number of hydrogen-bond acceptors (Lipinski definition) is 1. The van der Waals surface area contributed by atoms with Gasteiger partial charge in [0.25, 0.3) is 0 Å². The van der Waals surface area contributed by atoms with E-state index in [1.807, 2.05) is 12.2 Å². The van der Waals surface area contributed by atoms with Gasteiger partial charge < -0.3 is 0 Å². The normalized spacial score (nSPS) is 11.0. The lowest BCUT2D eigenvalue weighted by atomic mass is 10.0. The molecule has 19 heavy (non-hydrogen) atoms. The number of carbonyl (C=O) groups excluding carboxylic acids is 1. The van der Waals surface area contributed by atoms with E-state index in [1.54, 1.807) is 0 Å². The zero-order chi connectivity index (χ0) is 14.2. The predicted octanol–water partition coefficient (Wildman–Crippen LogP) is 6.00. The van der Waals surface area contributed by atoms with Crippen LogP contribution in [0.5, 0.6) is 0 Å². The van der Waals surface area contributed by atoms with E-state index in [2.05, 4.69) is 19.6 Å². The molecule has 0 heterocycles. The van der Waals surface area contributed by atoms with E-state index < -0.39 is 0 Å². The van der Waals surface area contributed by atoms with E-state index in [4.69, 9.17) is 0 Å². The monoisotopic (exact) mass is 264 g/mol. The van der Waals surface area contributed by atoms with Crippen molar-refractivity contribution < 1.29 is 4.79 Å². The van der Waals surface area contributed by atoms with Crippen molar-refractivity contribution in [3.63, 3.8) is 0 Å². The molecule has 0 aliphatic rings. The van der Waals surface area contributed by atoms with Gasteiger partial charge in [0.1, 0.15) is 5.78 Å². The van der Waals surface area contributed by atoms with Crippen LogP contribution in [-0.4, -0.2) is 5.78 Å². The number of unbranched alkanes of at least 4 members (excludes halogenated alkanes) is 8. The summed E-state index contributed by atoms with van der Waals surface area (Å²) in [6, 6.07) is 0. The molecule has 0 saturated heterocycles. The molecule has 110 valence electrons. The number of allylic oxidation sites excluding steroid dienone is 3. The highest BCUT2D eigenvalue weighted by Gasteiger charge is 2.01. The third kappa shape index (κ3) is 15.1. The minimum Gasteiger partial charge on any atom is -0.300 e. The van der Waals surface area contributed by atoms with Crippen molar-refractivity contribution in [1.82, 2.24) is 0 Å². The molecule has 0 rings (SSSR count). The summed E-state index contributed by atoms with van der Waals surface area (Å²) in [5, 5.41) is 0. The highest BCUT2D eigenvalue weighted by molar-refractivity contribution is 5.78. The van der Waals surface area contributed by atoms with Crippen LogP contribution in [0, 0.1) is 0 Å². The van der Waals surface area contributed by atoms with Crippen LogP contribution in [-0.2, 0) is 4.79 Å². The summed E-state index contributed by atoms with van der Waals surface area (Å²) in [5.41, 5.74) is 0. The molecule has 0 radical (unpaired) electrons. The molecule has 0 atom stereocenters. The van der Waals surface area contributed by atoms with Gasteiger partial charge in [-0.2, -0.15) is 0 Å². The topological polar surface area (TPSA) is 17.1 Å². The Balaban J connectivity index is 3.20. The molecule has 0 fully saturated rings. The standard InChI is InChI=1S/C18H32O/c1-3-5-7-9-10-11-13-15-17-18(19)16-14-12-8-6-4-2/h3,5,7H,1,4,6,8-17H2,2H3/b7-5+. The van der Waals surface area contributed by atoms with Crippen LogP contribution in [0.15, 0.2) is 24.8 Å². The second kappa shape index (κ2) is 15.2. The van der Waals surface area contributed by atoms with Crippen LogP contribution in [0.2, 0.25) is 0 Å². The molecule has 0 aromatic rings. The summed E-state index contributed by atoms with van der Waals surface area (Å²) >= 11 is 0. The molecule has 0 N–H and O–H groups in total. The van der Waals surface area contributed by atoms with Gasteiger partial charge >= 0.3 is 0 Å². The molecular weight excluding hydrogens is 232 g/mol. The third-order valence-electron chi connectivity index (χ3n) is 3.41. The lowest BCUT2D eigenvalue weighted by Crippen LogP contribution is -1.97. The fourth-order valence-electron chi connectivity index (χ4n) is 2.18. The summed E-state index contributed by atoms with van der Waals surface area (Å²) in [6.45, 7) is 5.86. The molecule has 0 aromatic carbocycles. The van der Waals surface area contributed by atoms with Crippen molar-refractivity contribution in [2.24, 2.45) is 0 Å². The van der Waals surface area contributed by atoms with Gasteiger partial charge in [0.05, 0.1) is 0 Å². The maximum atomic E-state index is 11.6. The van der Waals surface area contributed by atoms with Crippen LogP contribution in [0.25, 0.3) is 0 Å². The zero-order valence-electron chi connectivity index (χ0n) is 12.8. The summed E-state index contributed by atoms with van der Waals surface area (Å²) in [5.74, 6) is 0.475. The number of ketones is 1. The van der Waals surface area contributed by atoms with Crippen LogP contribution in [0.4, 0.5) is 0 Å². The number of rotatable bonds is 14. The quantitative estimate of drug-likeness (QED) is 0.278. The number of carbonyl (C=O) groups is 1. The Bertz CT molecular complexity index is 240. The van der Waals surface area contributed by atoms with E-state index in [1.165, 1.54) is 44.9 Å². The van der Waals surface area contributed by atoms with E-state index in [-0.39, 0.29) is 0 Å². The molecule has 0 saturated carbocycles. The maximum Gasteiger partial charge on any atom is 0.132 e. The van der Waals surface area contributed by atoms with E-state index in [0.29, 0.717) is 5.78 Å². The summed E-state index contributed by atoms with van der Waals surface area (Å²) in [4.78, 5) is 11.6. The van der Waals surface area contributed by atoms with Crippen LogP contribution in [0.1, 0.15) is 84.0 Å². The fourth-order valence-corrected chi connectivity index (χ4v) is 2.18. The van der Waals surface area contributed by atoms with Gasteiger partial charge in [-0.15, -0.1) is 0 Å². The van der Waals surface area contributed by atoms with Gasteiger partial charge in [-0.1, -0.05) is 70.3 Å². The Labute approximate surface area is 120 Å². The van der Waals surface area contributed by atoms with Crippen molar-refractivity contribution >= 4 is 5.78 Å². The molecule has 0 unspecified atom stereocenters. The van der Waals surface area contributed by atoms with Crippen molar-refractivity contribution in [2.75, 3.05) is 0 Å².